The van der Waals surface area contributed by atoms with Crippen LogP contribution in [0, 0.1) is 16.0 Å². The summed E-state index contributed by atoms with van der Waals surface area (Å²) in [5.74, 6) is 5.29. The third-order valence-electron chi connectivity index (χ3n) is 3.38. The van der Waals surface area contributed by atoms with Gasteiger partial charge in [0.1, 0.15) is 11.3 Å². The van der Waals surface area contributed by atoms with Crippen molar-refractivity contribution in [3.05, 3.63) is 33.9 Å². The van der Waals surface area contributed by atoms with Crippen molar-refractivity contribution in [3.63, 3.8) is 0 Å². The number of amides is 1. The zero-order valence-corrected chi connectivity index (χ0v) is 10.6. The summed E-state index contributed by atoms with van der Waals surface area (Å²) in [5.41, 5.74) is 2.10. The Morgan fingerprint density at radius 1 is 1.58 bits per heavy atom. The van der Waals surface area contributed by atoms with Crippen LogP contribution in [-0.2, 0) is 0 Å². The second-order valence-corrected chi connectivity index (χ2v) is 4.59. The number of carbonyl (C=O) groups is 1. The molecule has 1 fully saturated rings. The average molecular weight is 264 g/mol. The van der Waals surface area contributed by atoms with Crippen LogP contribution in [0.1, 0.15) is 30.1 Å². The van der Waals surface area contributed by atoms with Crippen molar-refractivity contribution in [2.24, 2.45) is 11.8 Å². The molecule has 2 unspecified atom stereocenters. The molecule has 1 aromatic rings. The van der Waals surface area contributed by atoms with Crippen LogP contribution in [0.15, 0.2) is 18.2 Å². The molecule has 1 aliphatic carbocycles. The third kappa shape index (κ3) is 2.65. The number of carbonyl (C=O) groups excluding carboxylic acids is 1. The molecule has 4 N–H and O–H groups in total. The van der Waals surface area contributed by atoms with Crippen LogP contribution < -0.4 is 16.6 Å². The minimum atomic E-state index is -0.603. The molecule has 0 radical (unpaired) electrons. The lowest BCUT2D eigenvalue weighted by Gasteiger charge is -2.08. The van der Waals surface area contributed by atoms with E-state index in [9.17, 15) is 14.9 Å². The standard InChI is InChI=1S/C12H16N4O3/c1-2-7-6-10(7)14-12(17)8-4-3-5-9(15-13)11(8)16(18)19/h3-5,7,10,15H,2,6,13H2,1H3,(H,14,17). The molecule has 1 aromatic carbocycles. The Balaban J connectivity index is 2.24. The second kappa shape index (κ2) is 5.23. The number of nitro benzene ring substituents is 1. The molecule has 1 aliphatic rings. The number of nitrogens with zero attached hydrogens (tertiary/aromatic N) is 1. The molecule has 0 bridgehead atoms. The smallest absolute Gasteiger partial charge is 0.306 e. The van der Waals surface area contributed by atoms with E-state index in [1.54, 1.807) is 6.07 Å². The number of nitrogen functional groups attached to an aromatic ring is 1. The molecule has 7 heteroatoms. The molecule has 1 amide bonds. The van der Waals surface area contributed by atoms with E-state index in [2.05, 4.69) is 17.7 Å². The summed E-state index contributed by atoms with van der Waals surface area (Å²) in [4.78, 5) is 22.5. The van der Waals surface area contributed by atoms with Gasteiger partial charge in [-0.15, -0.1) is 0 Å². The zero-order chi connectivity index (χ0) is 14.0. The first kappa shape index (κ1) is 13.3. The van der Waals surface area contributed by atoms with Gasteiger partial charge in [0.15, 0.2) is 0 Å². The van der Waals surface area contributed by atoms with E-state index >= 15 is 0 Å². The number of hydrogen-bond acceptors (Lipinski definition) is 5. The van der Waals surface area contributed by atoms with Gasteiger partial charge in [-0.05, 0) is 24.5 Å². The molecular weight excluding hydrogens is 248 g/mol. The average Bonchev–Trinajstić information content (AvgIpc) is 3.15. The number of benzene rings is 1. The third-order valence-corrected chi connectivity index (χ3v) is 3.38. The van der Waals surface area contributed by atoms with Gasteiger partial charge in [-0.3, -0.25) is 20.8 Å². The summed E-state index contributed by atoms with van der Waals surface area (Å²) in [6, 6.07) is 4.58. The van der Waals surface area contributed by atoms with Gasteiger partial charge >= 0.3 is 5.69 Å². The number of rotatable bonds is 5. The van der Waals surface area contributed by atoms with E-state index in [4.69, 9.17) is 5.84 Å². The van der Waals surface area contributed by atoms with Gasteiger partial charge in [-0.25, -0.2) is 0 Å². The van der Waals surface area contributed by atoms with Crippen molar-refractivity contribution in [1.82, 2.24) is 5.32 Å². The highest BCUT2D eigenvalue weighted by Gasteiger charge is 2.37. The maximum absolute atomic E-state index is 12.1. The summed E-state index contributed by atoms with van der Waals surface area (Å²) >= 11 is 0. The van der Waals surface area contributed by atoms with E-state index < -0.39 is 10.8 Å². The molecular formula is C12H16N4O3. The van der Waals surface area contributed by atoms with Gasteiger partial charge in [0.2, 0.25) is 0 Å². The van der Waals surface area contributed by atoms with Crippen LogP contribution in [0.2, 0.25) is 0 Å². The normalized spacial score (nSPS) is 20.7. The quantitative estimate of drug-likeness (QED) is 0.423. The van der Waals surface area contributed by atoms with Crippen molar-refractivity contribution in [2.45, 2.75) is 25.8 Å². The van der Waals surface area contributed by atoms with Gasteiger partial charge in [0.05, 0.1) is 4.92 Å². The summed E-state index contributed by atoms with van der Waals surface area (Å²) in [6.07, 6.45) is 1.93. The number of hydrazine groups is 1. The maximum atomic E-state index is 12.1. The molecule has 0 heterocycles. The van der Waals surface area contributed by atoms with Crippen molar-refractivity contribution in [2.75, 3.05) is 5.43 Å². The highest BCUT2D eigenvalue weighted by atomic mass is 16.6. The Labute approximate surface area is 110 Å². The second-order valence-electron chi connectivity index (χ2n) is 4.59. The molecule has 7 nitrogen and oxygen atoms in total. The summed E-state index contributed by atoms with van der Waals surface area (Å²) in [5, 5.41) is 13.9. The first-order valence-electron chi connectivity index (χ1n) is 6.13. The largest absolute Gasteiger partial charge is 0.349 e. The molecule has 2 rings (SSSR count). The lowest BCUT2D eigenvalue weighted by Crippen LogP contribution is -2.27. The Hall–Kier alpha value is -2.15. The van der Waals surface area contributed by atoms with Crippen LogP contribution >= 0.6 is 0 Å². The number of anilines is 1. The number of nitrogens with one attached hydrogen (secondary N) is 2. The zero-order valence-electron chi connectivity index (χ0n) is 10.6. The number of para-hydroxylation sites is 1. The van der Waals surface area contributed by atoms with Crippen molar-refractivity contribution in [3.8, 4) is 0 Å². The Kier molecular flexibility index (Phi) is 3.66. The SMILES string of the molecule is CCC1CC1NC(=O)c1cccc(NN)c1[N+](=O)[O-]. The highest BCUT2D eigenvalue weighted by Crippen LogP contribution is 2.34. The van der Waals surface area contributed by atoms with Gasteiger partial charge < -0.3 is 10.7 Å². The van der Waals surface area contributed by atoms with Gasteiger partial charge in [0.25, 0.3) is 5.91 Å². The van der Waals surface area contributed by atoms with Gasteiger partial charge in [-0.2, -0.15) is 0 Å². The molecule has 0 aliphatic heterocycles. The topological polar surface area (TPSA) is 110 Å². The summed E-state index contributed by atoms with van der Waals surface area (Å²) in [7, 11) is 0. The molecule has 0 saturated heterocycles. The highest BCUT2D eigenvalue weighted by molar-refractivity contribution is 6.00. The molecule has 0 aromatic heterocycles. The maximum Gasteiger partial charge on any atom is 0.306 e. The van der Waals surface area contributed by atoms with Gasteiger partial charge in [0, 0.05) is 6.04 Å². The van der Waals surface area contributed by atoms with E-state index in [0.29, 0.717) is 5.92 Å². The molecule has 0 spiro atoms. The predicted octanol–water partition coefficient (Wildman–Crippen LogP) is 1.41. The number of hydrogen-bond donors (Lipinski definition) is 3. The predicted molar refractivity (Wildman–Crippen MR) is 70.6 cm³/mol. The van der Waals surface area contributed by atoms with Crippen molar-refractivity contribution >= 4 is 17.3 Å². The molecule has 19 heavy (non-hydrogen) atoms. The Bertz CT molecular complexity index is 518. The van der Waals surface area contributed by atoms with Crippen molar-refractivity contribution < 1.29 is 9.72 Å². The lowest BCUT2D eigenvalue weighted by molar-refractivity contribution is -0.384. The van der Waals surface area contributed by atoms with E-state index in [-0.39, 0.29) is 23.0 Å². The van der Waals surface area contributed by atoms with E-state index in [1.165, 1.54) is 12.1 Å². The molecule has 102 valence electrons. The first-order chi connectivity index (χ1) is 9.08. The fourth-order valence-corrected chi connectivity index (χ4v) is 2.16. The molecule has 2 atom stereocenters. The minimum Gasteiger partial charge on any atom is -0.349 e. The fraction of sp³-hybridized carbons (Fsp3) is 0.417. The monoisotopic (exact) mass is 264 g/mol. The molecule has 1 saturated carbocycles. The number of nitro groups is 1. The van der Waals surface area contributed by atoms with Crippen LogP contribution in [0.3, 0.4) is 0 Å². The van der Waals surface area contributed by atoms with E-state index in [0.717, 1.165) is 12.8 Å². The van der Waals surface area contributed by atoms with Crippen LogP contribution in [-0.4, -0.2) is 16.9 Å². The van der Waals surface area contributed by atoms with Crippen LogP contribution in [0.4, 0.5) is 11.4 Å². The Morgan fingerprint density at radius 3 is 2.84 bits per heavy atom. The fourth-order valence-electron chi connectivity index (χ4n) is 2.16. The van der Waals surface area contributed by atoms with Crippen molar-refractivity contribution in [1.29, 1.82) is 0 Å². The van der Waals surface area contributed by atoms with E-state index in [1.807, 2.05) is 0 Å². The van der Waals surface area contributed by atoms with Crippen LogP contribution in [0.25, 0.3) is 0 Å². The summed E-state index contributed by atoms with van der Waals surface area (Å²) in [6.45, 7) is 2.05. The van der Waals surface area contributed by atoms with Gasteiger partial charge in [-0.1, -0.05) is 19.4 Å². The van der Waals surface area contributed by atoms with Crippen LogP contribution in [0.5, 0.6) is 0 Å². The first-order valence-corrected chi connectivity index (χ1v) is 6.13. The lowest BCUT2D eigenvalue weighted by atomic mass is 10.1. The summed E-state index contributed by atoms with van der Waals surface area (Å²) < 4.78 is 0. The Morgan fingerprint density at radius 2 is 2.32 bits per heavy atom. The number of nitrogens with two attached hydrogens (primary N) is 1. The minimum absolute atomic E-state index is 0.0298.